The Morgan fingerprint density at radius 3 is 2.77 bits per heavy atom. The van der Waals surface area contributed by atoms with Crippen LogP contribution in [0.15, 0.2) is 34.1 Å². The third-order valence-corrected chi connectivity index (χ3v) is 6.47. The molecular formula is C15H13NO4S2. The van der Waals surface area contributed by atoms with Crippen LogP contribution in [-0.2, 0) is 9.53 Å². The normalized spacial score (nSPS) is 26.2. The van der Waals surface area contributed by atoms with E-state index in [9.17, 15) is 9.59 Å². The van der Waals surface area contributed by atoms with Gasteiger partial charge in [-0.3, -0.25) is 9.59 Å². The highest BCUT2D eigenvalue weighted by Gasteiger charge is 2.49. The minimum Gasteiger partial charge on any atom is -0.497 e. The van der Waals surface area contributed by atoms with Gasteiger partial charge in [-0.15, -0.1) is 0 Å². The van der Waals surface area contributed by atoms with Gasteiger partial charge in [-0.2, -0.15) is 0 Å². The van der Waals surface area contributed by atoms with Crippen LogP contribution in [0.1, 0.15) is 16.4 Å². The molecule has 4 rings (SSSR count). The van der Waals surface area contributed by atoms with E-state index in [0.29, 0.717) is 6.61 Å². The van der Waals surface area contributed by atoms with Crippen LogP contribution in [0.5, 0.6) is 5.75 Å². The third-order valence-electron chi connectivity index (χ3n) is 4.09. The number of fused-ring (bicyclic) bond motifs is 2. The van der Waals surface area contributed by atoms with E-state index in [-0.39, 0.29) is 27.9 Å². The van der Waals surface area contributed by atoms with Gasteiger partial charge in [-0.05, 0) is 17.7 Å². The highest BCUT2D eigenvalue weighted by molar-refractivity contribution is 8.00. The molecule has 1 aromatic heterocycles. The number of esters is 1. The number of methoxy groups -OCH3 is 1. The summed E-state index contributed by atoms with van der Waals surface area (Å²) in [5.74, 6) is 0.218. The van der Waals surface area contributed by atoms with E-state index in [1.165, 1.54) is 11.3 Å². The van der Waals surface area contributed by atoms with Crippen LogP contribution < -0.4 is 9.61 Å². The Morgan fingerprint density at radius 2 is 2.05 bits per heavy atom. The number of thioether (sulfide) groups is 1. The van der Waals surface area contributed by atoms with E-state index in [2.05, 4.69) is 4.98 Å². The molecule has 0 unspecified atom stereocenters. The number of hydrogen-bond acceptors (Lipinski definition) is 6. The number of rotatable bonds is 2. The fourth-order valence-electron chi connectivity index (χ4n) is 3.08. The van der Waals surface area contributed by atoms with Gasteiger partial charge in [-0.1, -0.05) is 35.2 Å². The van der Waals surface area contributed by atoms with Crippen molar-refractivity contribution in [3.8, 4) is 5.75 Å². The average Bonchev–Trinajstić information content (AvgIpc) is 3.07. The molecule has 2 aliphatic rings. The number of aromatic nitrogens is 1. The number of benzene rings is 1. The molecule has 1 N–H and O–H groups in total. The Bertz CT molecular complexity index is 780. The van der Waals surface area contributed by atoms with Crippen molar-refractivity contribution in [3.05, 3.63) is 44.4 Å². The first-order chi connectivity index (χ1) is 10.7. The Hall–Kier alpha value is -1.73. The molecule has 1 saturated heterocycles. The van der Waals surface area contributed by atoms with Gasteiger partial charge in [0.1, 0.15) is 12.4 Å². The number of aromatic amines is 1. The SMILES string of the molecule is COc1ccc([C@@H]2c3sc(=O)[nH]c3S[C@H]3COC(=O)[C@@H]23)cc1. The van der Waals surface area contributed by atoms with Gasteiger partial charge in [0.15, 0.2) is 0 Å². The van der Waals surface area contributed by atoms with Gasteiger partial charge >= 0.3 is 10.8 Å². The van der Waals surface area contributed by atoms with Crippen LogP contribution in [0.4, 0.5) is 0 Å². The summed E-state index contributed by atoms with van der Waals surface area (Å²) in [6, 6.07) is 7.66. The summed E-state index contributed by atoms with van der Waals surface area (Å²) in [5, 5.41) is 0.924. The van der Waals surface area contributed by atoms with Crippen LogP contribution in [0.2, 0.25) is 0 Å². The minimum atomic E-state index is -0.239. The highest BCUT2D eigenvalue weighted by atomic mass is 32.2. The van der Waals surface area contributed by atoms with Crippen molar-refractivity contribution in [2.45, 2.75) is 16.2 Å². The van der Waals surface area contributed by atoms with Gasteiger partial charge in [0.25, 0.3) is 0 Å². The smallest absolute Gasteiger partial charge is 0.311 e. The summed E-state index contributed by atoms with van der Waals surface area (Å²) in [6.07, 6.45) is 0. The van der Waals surface area contributed by atoms with Crippen molar-refractivity contribution in [1.29, 1.82) is 0 Å². The predicted octanol–water partition coefficient (Wildman–Crippen LogP) is 2.22. The fourth-order valence-corrected chi connectivity index (χ4v) is 5.57. The van der Waals surface area contributed by atoms with E-state index in [4.69, 9.17) is 9.47 Å². The average molecular weight is 335 g/mol. The first kappa shape index (κ1) is 13.9. The zero-order valence-electron chi connectivity index (χ0n) is 11.7. The Labute approximate surface area is 134 Å². The third kappa shape index (κ3) is 2.07. The van der Waals surface area contributed by atoms with Crippen LogP contribution in [0.3, 0.4) is 0 Å². The summed E-state index contributed by atoms with van der Waals surface area (Å²) < 4.78 is 10.4. The Morgan fingerprint density at radius 1 is 1.27 bits per heavy atom. The van der Waals surface area contributed by atoms with E-state index in [0.717, 1.165) is 21.2 Å². The molecule has 0 spiro atoms. The maximum Gasteiger partial charge on any atom is 0.311 e. The number of carbonyl (C=O) groups is 1. The standard InChI is InChI=1S/C15H13NO4S2/c1-19-8-4-2-7(3-5-8)10-11-9(6-20-14(11)17)21-13-12(10)22-15(18)16-13/h2-5,9-11H,6H2,1H3,(H,16,18)/t9-,10-,11+/m0/s1. The van der Waals surface area contributed by atoms with Crippen LogP contribution in [0.25, 0.3) is 0 Å². The zero-order valence-corrected chi connectivity index (χ0v) is 13.3. The lowest BCUT2D eigenvalue weighted by Crippen LogP contribution is -2.29. The molecule has 0 amide bonds. The van der Waals surface area contributed by atoms with Gasteiger partial charge < -0.3 is 14.5 Å². The number of H-pyrrole nitrogens is 1. The van der Waals surface area contributed by atoms with Crippen molar-refractivity contribution in [3.63, 3.8) is 0 Å². The van der Waals surface area contributed by atoms with Crippen LogP contribution in [-0.4, -0.2) is 29.9 Å². The molecule has 0 aliphatic carbocycles. The van der Waals surface area contributed by atoms with Crippen molar-refractivity contribution in [2.75, 3.05) is 13.7 Å². The number of carbonyl (C=O) groups excluding carboxylic acids is 1. The summed E-state index contributed by atoms with van der Waals surface area (Å²) in [6.45, 7) is 0.401. The molecule has 1 fully saturated rings. The predicted molar refractivity (Wildman–Crippen MR) is 83.9 cm³/mol. The molecule has 0 radical (unpaired) electrons. The van der Waals surface area contributed by atoms with E-state index in [1.807, 2.05) is 24.3 Å². The van der Waals surface area contributed by atoms with Gasteiger partial charge in [-0.25, -0.2) is 0 Å². The summed E-state index contributed by atoms with van der Waals surface area (Å²) in [5.41, 5.74) is 1.01. The summed E-state index contributed by atoms with van der Waals surface area (Å²) >= 11 is 2.73. The second kappa shape index (κ2) is 5.17. The molecule has 1 aromatic carbocycles. The number of nitrogens with one attached hydrogen (secondary N) is 1. The van der Waals surface area contributed by atoms with Crippen molar-refractivity contribution >= 4 is 29.1 Å². The fraction of sp³-hybridized carbons (Fsp3) is 0.333. The molecular weight excluding hydrogens is 322 g/mol. The topological polar surface area (TPSA) is 68.4 Å². The monoisotopic (exact) mass is 335 g/mol. The number of ether oxygens (including phenoxy) is 2. The van der Waals surface area contributed by atoms with E-state index >= 15 is 0 Å². The lowest BCUT2D eigenvalue weighted by molar-refractivity contribution is -0.141. The van der Waals surface area contributed by atoms with Gasteiger partial charge in [0.05, 0.1) is 23.3 Å². The number of cyclic esters (lactones) is 1. The van der Waals surface area contributed by atoms with Crippen molar-refractivity contribution in [2.24, 2.45) is 5.92 Å². The molecule has 114 valence electrons. The molecule has 7 heteroatoms. The minimum absolute atomic E-state index is 0.0531. The van der Waals surface area contributed by atoms with E-state index in [1.54, 1.807) is 18.9 Å². The Balaban J connectivity index is 1.85. The zero-order chi connectivity index (χ0) is 15.3. The Kier molecular flexibility index (Phi) is 3.27. The second-order valence-electron chi connectivity index (χ2n) is 5.27. The van der Waals surface area contributed by atoms with Gasteiger partial charge in [0, 0.05) is 10.8 Å². The lowest BCUT2D eigenvalue weighted by atomic mass is 9.83. The largest absolute Gasteiger partial charge is 0.497 e. The first-order valence-electron chi connectivity index (χ1n) is 6.87. The van der Waals surface area contributed by atoms with Crippen molar-refractivity contribution in [1.82, 2.24) is 4.98 Å². The molecule has 5 nitrogen and oxygen atoms in total. The quantitative estimate of drug-likeness (QED) is 0.853. The second-order valence-corrected chi connectivity index (χ2v) is 7.54. The first-order valence-corrected chi connectivity index (χ1v) is 8.57. The molecule has 3 heterocycles. The maximum absolute atomic E-state index is 12.2. The molecule has 0 saturated carbocycles. The van der Waals surface area contributed by atoms with Gasteiger partial charge in [0.2, 0.25) is 0 Å². The molecule has 2 aromatic rings. The lowest BCUT2D eigenvalue weighted by Gasteiger charge is -2.29. The van der Waals surface area contributed by atoms with Crippen LogP contribution >= 0.6 is 23.1 Å². The maximum atomic E-state index is 12.2. The molecule has 3 atom stereocenters. The molecule has 0 bridgehead atoms. The summed E-state index contributed by atoms with van der Waals surface area (Å²) in [4.78, 5) is 27.7. The van der Waals surface area contributed by atoms with E-state index < -0.39 is 0 Å². The summed E-state index contributed by atoms with van der Waals surface area (Å²) in [7, 11) is 1.62. The van der Waals surface area contributed by atoms with Crippen molar-refractivity contribution < 1.29 is 14.3 Å². The molecule has 22 heavy (non-hydrogen) atoms. The highest BCUT2D eigenvalue weighted by Crippen LogP contribution is 2.51. The number of thiazole rings is 1. The molecule has 2 aliphatic heterocycles. The van der Waals surface area contributed by atoms with Crippen LogP contribution in [0, 0.1) is 5.92 Å². The number of hydrogen-bond donors (Lipinski definition) is 1.